The SMILES string of the molecule is CCCCCCCc1ccc(O)c(Oc2ccccc2S(=O)(=O)O)c1.CCCCCCCc1ccc([O-])c(Oc2ccccc2S(=O)(=O)[O-])c1.[Ca+2]. The van der Waals surface area contributed by atoms with Gasteiger partial charge in [-0.2, -0.15) is 8.42 Å². The Labute approximate surface area is 332 Å². The van der Waals surface area contributed by atoms with Crippen LogP contribution in [0.4, 0.5) is 0 Å². The van der Waals surface area contributed by atoms with E-state index in [1.807, 2.05) is 6.07 Å². The monoisotopic (exact) mass is 766 g/mol. The molecule has 10 nitrogen and oxygen atoms in total. The number of phenols is 1. The molecule has 0 saturated carbocycles. The van der Waals surface area contributed by atoms with Gasteiger partial charge in [-0.1, -0.05) is 113 Å². The first kappa shape index (κ1) is 44.3. The summed E-state index contributed by atoms with van der Waals surface area (Å²) in [4.78, 5) is -0.807. The first-order valence-electron chi connectivity index (χ1n) is 16.9. The molecule has 0 aliphatic rings. The number of benzene rings is 4. The van der Waals surface area contributed by atoms with Crippen LogP contribution in [0.15, 0.2) is 94.7 Å². The fourth-order valence-electron chi connectivity index (χ4n) is 5.17. The molecule has 0 aliphatic carbocycles. The van der Waals surface area contributed by atoms with Gasteiger partial charge in [0.2, 0.25) is 0 Å². The van der Waals surface area contributed by atoms with E-state index in [9.17, 15) is 36.2 Å². The van der Waals surface area contributed by atoms with E-state index in [1.165, 1.54) is 87.1 Å². The molecule has 0 aromatic heterocycles. The van der Waals surface area contributed by atoms with Crippen LogP contribution in [0, 0.1) is 0 Å². The predicted molar refractivity (Wildman–Crippen MR) is 195 cm³/mol. The molecule has 0 aliphatic heterocycles. The maximum atomic E-state index is 12.0. The molecule has 272 valence electrons. The molecule has 0 heterocycles. The number of para-hydroxylation sites is 2. The van der Waals surface area contributed by atoms with Crippen LogP contribution in [-0.2, 0) is 33.1 Å². The van der Waals surface area contributed by atoms with Crippen molar-refractivity contribution in [3.05, 3.63) is 96.1 Å². The summed E-state index contributed by atoms with van der Waals surface area (Å²) in [5, 5.41) is 22.0. The summed E-state index contributed by atoms with van der Waals surface area (Å²) >= 11 is 0. The second-order valence-corrected chi connectivity index (χ2v) is 14.7. The van der Waals surface area contributed by atoms with Gasteiger partial charge in [0.1, 0.15) is 32.3 Å². The first-order valence-corrected chi connectivity index (χ1v) is 19.8. The second kappa shape index (κ2) is 22.3. The van der Waals surface area contributed by atoms with Crippen molar-refractivity contribution in [3.8, 4) is 34.5 Å². The van der Waals surface area contributed by atoms with Crippen molar-refractivity contribution in [1.82, 2.24) is 0 Å². The van der Waals surface area contributed by atoms with Gasteiger partial charge in [0.15, 0.2) is 11.5 Å². The number of phenolic OH excluding ortho intramolecular Hbond substituents is 1. The number of aryl methyl sites for hydroxylation is 2. The smallest absolute Gasteiger partial charge is 0.870 e. The first-order chi connectivity index (χ1) is 23.8. The fraction of sp³-hybridized carbons (Fsp3) is 0.368. The molecule has 0 amide bonds. The van der Waals surface area contributed by atoms with Crippen LogP contribution in [0.25, 0.3) is 0 Å². The minimum Gasteiger partial charge on any atom is -0.870 e. The quantitative estimate of drug-likeness (QED) is 0.0568. The number of aromatic hydroxyl groups is 1. The molecule has 13 heteroatoms. The van der Waals surface area contributed by atoms with Gasteiger partial charge in [-0.25, -0.2) is 8.42 Å². The van der Waals surface area contributed by atoms with Gasteiger partial charge in [0.05, 0.1) is 4.90 Å². The van der Waals surface area contributed by atoms with Gasteiger partial charge < -0.3 is 24.2 Å². The number of rotatable bonds is 18. The Morgan fingerprint density at radius 2 is 1.04 bits per heavy atom. The molecular formula is C38H46CaO10S2. The van der Waals surface area contributed by atoms with E-state index in [1.54, 1.807) is 30.3 Å². The van der Waals surface area contributed by atoms with Gasteiger partial charge in [-0.15, -0.1) is 0 Å². The van der Waals surface area contributed by atoms with E-state index in [0.29, 0.717) is 0 Å². The Bertz CT molecular complexity index is 1740. The van der Waals surface area contributed by atoms with Crippen molar-refractivity contribution in [1.29, 1.82) is 0 Å². The van der Waals surface area contributed by atoms with Gasteiger partial charge >= 0.3 is 37.7 Å². The summed E-state index contributed by atoms with van der Waals surface area (Å²) in [6.45, 7) is 4.34. The zero-order valence-electron chi connectivity index (χ0n) is 29.3. The molecular weight excluding hydrogens is 721 g/mol. The Balaban J connectivity index is 0.000000347. The van der Waals surface area contributed by atoms with E-state index in [2.05, 4.69) is 13.8 Å². The average molecular weight is 767 g/mol. The molecule has 4 rings (SSSR count). The predicted octanol–water partition coefficient (Wildman–Crippen LogP) is 8.53. The molecule has 0 spiro atoms. The van der Waals surface area contributed by atoms with Crippen LogP contribution >= 0.6 is 0 Å². The van der Waals surface area contributed by atoms with Crippen LogP contribution < -0.4 is 14.6 Å². The summed E-state index contributed by atoms with van der Waals surface area (Å²) in [7, 11) is -9.08. The number of unbranched alkanes of at least 4 members (excludes halogenated alkanes) is 8. The van der Waals surface area contributed by atoms with E-state index >= 15 is 0 Å². The normalized spacial score (nSPS) is 11.2. The van der Waals surface area contributed by atoms with Crippen LogP contribution in [0.1, 0.15) is 89.2 Å². The Hall–Kier alpha value is -2.84. The van der Waals surface area contributed by atoms with Crippen molar-refractivity contribution in [2.45, 2.75) is 101 Å². The molecule has 4 aromatic carbocycles. The standard InChI is InChI=1S/2C19H24O5S.Ca/c2*1-2-3-4-5-6-9-15-12-13-16(20)18(14-15)24-17-10-7-8-11-19(17)25(21,22)23;/h2*7-8,10-14,20H,2-6,9H2,1H3,(H,21,22,23);/q;;+2/p-2. The Morgan fingerprint density at radius 1 is 0.588 bits per heavy atom. The molecule has 0 atom stereocenters. The number of hydrogen-bond donors (Lipinski definition) is 2. The maximum Gasteiger partial charge on any atom is 2.00 e. The third-order valence-corrected chi connectivity index (χ3v) is 9.62. The van der Waals surface area contributed by atoms with Gasteiger partial charge in [-0.05, 0) is 79.3 Å². The zero-order chi connectivity index (χ0) is 36.6. The molecule has 51 heavy (non-hydrogen) atoms. The van der Waals surface area contributed by atoms with E-state index in [0.717, 1.165) is 49.7 Å². The summed E-state index contributed by atoms with van der Waals surface area (Å²) in [6, 6.07) is 21.1. The molecule has 0 unspecified atom stereocenters. The molecule has 0 radical (unpaired) electrons. The largest absolute Gasteiger partial charge is 2.00 e. The number of hydrogen-bond acceptors (Lipinski definition) is 9. The molecule has 4 aromatic rings. The van der Waals surface area contributed by atoms with Crippen molar-refractivity contribution in [3.63, 3.8) is 0 Å². The maximum absolute atomic E-state index is 12.0. The van der Waals surface area contributed by atoms with Crippen molar-refractivity contribution in [2.24, 2.45) is 0 Å². The van der Waals surface area contributed by atoms with E-state index < -0.39 is 25.1 Å². The minimum absolute atomic E-state index is 0. The summed E-state index contributed by atoms with van der Waals surface area (Å²) < 4.78 is 77.1. The van der Waals surface area contributed by atoms with Crippen molar-refractivity contribution in [2.75, 3.05) is 0 Å². The average Bonchev–Trinajstić information content (AvgIpc) is 3.07. The summed E-state index contributed by atoms with van der Waals surface area (Å²) in [6.07, 6.45) is 13.3. The summed E-state index contributed by atoms with van der Waals surface area (Å²) in [5.74, 6) is -0.396. The van der Waals surface area contributed by atoms with Gasteiger partial charge in [-0.3, -0.25) is 4.55 Å². The Morgan fingerprint density at radius 3 is 1.57 bits per heavy atom. The van der Waals surface area contributed by atoms with Crippen LogP contribution in [0.3, 0.4) is 0 Å². The number of ether oxygens (including phenoxy) is 2. The van der Waals surface area contributed by atoms with E-state index in [-0.39, 0.29) is 77.1 Å². The molecule has 2 N–H and O–H groups in total. The van der Waals surface area contributed by atoms with Crippen LogP contribution in [-0.4, -0.2) is 68.8 Å². The van der Waals surface area contributed by atoms with E-state index in [4.69, 9.17) is 9.47 Å². The fourth-order valence-corrected chi connectivity index (χ4v) is 6.39. The molecule has 0 bridgehead atoms. The molecule has 0 saturated heterocycles. The third-order valence-electron chi connectivity index (χ3n) is 7.86. The summed E-state index contributed by atoms with van der Waals surface area (Å²) in [5.41, 5.74) is 1.96. The Kier molecular flexibility index (Phi) is 19.4. The minimum atomic E-state index is -4.68. The zero-order valence-corrected chi connectivity index (χ0v) is 33.1. The van der Waals surface area contributed by atoms with Crippen molar-refractivity contribution >= 4 is 58.0 Å². The van der Waals surface area contributed by atoms with Crippen LogP contribution in [0.2, 0.25) is 0 Å². The van der Waals surface area contributed by atoms with Gasteiger partial charge in [0.25, 0.3) is 10.1 Å². The second-order valence-electron chi connectivity index (χ2n) is 11.9. The third kappa shape index (κ3) is 15.3. The van der Waals surface area contributed by atoms with Gasteiger partial charge in [0, 0.05) is 0 Å². The van der Waals surface area contributed by atoms with Crippen molar-refractivity contribution < 1.29 is 45.6 Å². The van der Waals surface area contributed by atoms with Crippen LogP contribution in [0.5, 0.6) is 34.5 Å². The topological polar surface area (TPSA) is 173 Å². The molecule has 0 fully saturated rings.